The Morgan fingerprint density at radius 2 is 1.71 bits per heavy atom. The first-order chi connectivity index (χ1) is 17.7. The number of nitrogens with zero attached hydrogens (tertiary/aromatic N) is 3. The molecule has 0 atom stereocenters. The van der Waals surface area contributed by atoms with Crippen LogP contribution in [0.5, 0.6) is 0 Å². The van der Waals surface area contributed by atoms with E-state index in [1.54, 1.807) is 26.0 Å². The maximum absolute atomic E-state index is 14.3. The number of halogens is 5. The molecule has 206 valence electrons. The molecule has 0 aliphatic heterocycles. The van der Waals surface area contributed by atoms with Crippen LogP contribution in [-0.4, -0.2) is 50.5 Å². The van der Waals surface area contributed by atoms with Crippen molar-refractivity contribution in [3.8, 4) is 0 Å². The summed E-state index contributed by atoms with van der Waals surface area (Å²) in [7, 11) is 0. The number of aryl methyl sites for hydroxylation is 1. The smallest absolute Gasteiger partial charge is 0.433 e. The van der Waals surface area contributed by atoms with E-state index in [2.05, 4.69) is 5.10 Å². The Hall–Kier alpha value is -2.59. The second kappa shape index (κ2) is 10.5. The molecule has 2 aliphatic carbocycles. The van der Waals surface area contributed by atoms with E-state index in [9.17, 15) is 32.7 Å². The molecule has 0 bridgehead atoms. The molecule has 2 aromatic rings. The minimum absolute atomic E-state index is 0.0166. The van der Waals surface area contributed by atoms with Gasteiger partial charge in [-0.15, -0.1) is 0 Å². The van der Waals surface area contributed by atoms with Crippen LogP contribution in [0.2, 0.25) is 10.0 Å². The highest BCUT2D eigenvalue weighted by atomic mass is 35.5. The number of ketones is 1. The van der Waals surface area contributed by atoms with Crippen molar-refractivity contribution in [2.24, 2.45) is 11.3 Å². The van der Waals surface area contributed by atoms with Crippen LogP contribution in [0.4, 0.5) is 13.2 Å². The van der Waals surface area contributed by atoms with Gasteiger partial charge in [-0.2, -0.15) is 18.3 Å². The van der Waals surface area contributed by atoms with E-state index in [1.807, 2.05) is 0 Å². The third kappa shape index (κ3) is 5.86. The average molecular weight is 574 g/mol. The van der Waals surface area contributed by atoms with Gasteiger partial charge in [-0.1, -0.05) is 23.2 Å². The monoisotopic (exact) mass is 573 g/mol. The number of Topliss-reactive ketones (excluding diaryl/α,β-unsaturated/α-hetero) is 1. The Balaban J connectivity index is 1.64. The lowest BCUT2D eigenvalue weighted by Crippen LogP contribution is -2.38. The summed E-state index contributed by atoms with van der Waals surface area (Å²) >= 11 is 12.5. The van der Waals surface area contributed by atoms with Gasteiger partial charge in [0.1, 0.15) is 0 Å². The Bertz CT molecular complexity index is 1240. The highest BCUT2D eigenvalue weighted by Gasteiger charge is 2.45. The second-order valence-electron chi connectivity index (χ2n) is 10.6. The summed E-state index contributed by atoms with van der Waals surface area (Å²) in [6.07, 6.45) is -1.66. The predicted molar refractivity (Wildman–Crippen MR) is 135 cm³/mol. The lowest BCUT2D eigenvalue weighted by molar-refractivity contribution is -0.152. The average Bonchev–Trinajstić information content (AvgIpc) is 3.51. The number of hydrogen-bond donors (Lipinski definition) is 1. The van der Waals surface area contributed by atoms with E-state index < -0.39 is 53.1 Å². The van der Waals surface area contributed by atoms with Gasteiger partial charge in [-0.25, -0.2) is 0 Å². The van der Waals surface area contributed by atoms with Gasteiger partial charge in [0.25, 0.3) is 5.91 Å². The van der Waals surface area contributed by atoms with Crippen LogP contribution in [-0.2, 0) is 11.0 Å². The molecule has 1 aromatic carbocycles. The van der Waals surface area contributed by atoms with Crippen molar-refractivity contribution in [1.82, 2.24) is 14.7 Å². The molecule has 38 heavy (non-hydrogen) atoms. The number of hydrogen-bond acceptors (Lipinski definition) is 4. The summed E-state index contributed by atoms with van der Waals surface area (Å²) < 4.78 is 43.8. The molecule has 0 radical (unpaired) electrons. The second-order valence-corrected chi connectivity index (χ2v) is 11.4. The number of carbonyl (C=O) groups excluding carboxylic acids is 2. The summed E-state index contributed by atoms with van der Waals surface area (Å²) in [5.74, 6) is -2.42. The normalized spacial score (nSPS) is 21.8. The zero-order chi connectivity index (χ0) is 28.0. The van der Waals surface area contributed by atoms with Crippen molar-refractivity contribution in [3.63, 3.8) is 0 Å². The number of aliphatic carboxylic acids is 1. The molecule has 4 rings (SSSR count). The van der Waals surface area contributed by atoms with E-state index in [4.69, 9.17) is 23.2 Å². The molecule has 0 saturated heterocycles. The summed E-state index contributed by atoms with van der Waals surface area (Å²) in [6.45, 7) is 2.96. The van der Waals surface area contributed by atoms with E-state index in [-0.39, 0.29) is 53.8 Å². The first-order valence-electron chi connectivity index (χ1n) is 12.4. The molecular formula is C26H28Cl2F3N3O4. The molecule has 1 heterocycles. The van der Waals surface area contributed by atoms with Crippen molar-refractivity contribution in [2.75, 3.05) is 13.1 Å². The number of carboxylic acid groups (broad SMARTS) is 1. The maximum Gasteiger partial charge on any atom is 0.433 e. The van der Waals surface area contributed by atoms with Crippen molar-refractivity contribution < 1.29 is 32.7 Å². The van der Waals surface area contributed by atoms with Gasteiger partial charge < -0.3 is 10.0 Å². The van der Waals surface area contributed by atoms with Crippen LogP contribution in [0.15, 0.2) is 18.3 Å². The van der Waals surface area contributed by atoms with Gasteiger partial charge in [0.05, 0.1) is 45.4 Å². The van der Waals surface area contributed by atoms with E-state index in [0.717, 1.165) is 34.2 Å². The summed E-state index contributed by atoms with van der Waals surface area (Å²) in [4.78, 5) is 39.3. The van der Waals surface area contributed by atoms with Crippen LogP contribution >= 0.6 is 23.2 Å². The van der Waals surface area contributed by atoms with Crippen LogP contribution in [0.1, 0.15) is 83.5 Å². The highest BCUT2D eigenvalue weighted by molar-refractivity contribution is 6.40. The first-order valence-corrected chi connectivity index (χ1v) is 13.1. The number of carboxylic acids is 1. The van der Waals surface area contributed by atoms with Gasteiger partial charge in [-0.3, -0.25) is 19.1 Å². The first kappa shape index (κ1) is 28.4. The molecule has 2 fully saturated rings. The summed E-state index contributed by atoms with van der Waals surface area (Å²) in [5, 5.41) is 13.6. The van der Waals surface area contributed by atoms with Gasteiger partial charge in [-0.05, 0) is 76.0 Å². The molecular weight excluding hydrogens is 546 g/mol. The fourth-order valence-electron chi connectivity index (χ4n) is 5.00. The molecule has 2 saturated carbocycles. The number of carbonyl (C=O) groups is 3. The van der Waals surface area contributed by atoms with Crippen LogP contribution < -0.4 is 0 Å². The van der Waals surface area contributed by atoms with Gasteiger partial charge in [0.15, 0.2) is 11.5 Å². The molecule has 1 aromatic heterocycles. The molecule has 0 spiro atoms. The molecule has 1 N–H and O–H groups in total. The number of alkyl halides is 3. The minimum atomic E-state index is -4.89. The number of aromatic nitrogens is 2. The molecule has 12 heteroatoms. The molecule has 1 amide bonds. The third-order valence-corrected chi connectivity index (χ3v) is 8.07. The van der Waals surface area contributed by atoms with E-state index in [1.165, 1.54) is 0 Å². The lowest BCUT2D eigenvalue weighted by atomic mass is 9.74. The molecule has 7 nitrogen and oxygen atoms in total. The fraction of sp³-hybridized carbons (Fsp3) is 0.538. The third-order valence-electron chi connectivity index (χ3n) is 7.48. The quantitative estimate of drug-likeness (QED) is 0.366. The van der Waals surface area contributed by atoms with Crippen molar-refractivity contribution in [2.45, 2.75) is 64.6 Å². The summed E-state index contributed by atoms with van der Waals surface area (Å²) in [5.41, 5.74) is -2.09. The van der Waals surface area contributed by atoms with Gasteiger partial charge >= 0.3 is 12.1 Å². The largest absolute Gasteiger partial charge is 0.481 e. The summed E-state index contributed by atoms with van der Waals surface area (Å²) in [6, 6.07) is 2.40. The fourth-order valence-corrected chi connectivity index (χ4v) is 5.80. The van der Waals surface area contributed by atoms with E-state index in [0.29, 0.717) is 0 Å². The van der Waals surface area contributed by atoms with E-state index >= 15 is 0 Å². The maximum atomic E-state index is 14.3. The standard InChI is InChI=1S/C26H28Cl2F3N3O4/c1-14-9-18(27)21(19(28)10-14)20(35)13-33(12-15-3-4-15)23(36)17-11-32-34(22(17)26(29,30)31)16-5-7-25(2,8-6-16)24(37)38/h9-11,15-16H,3-8,12-13H2,1-2H3,(H,37,38). The Kier molecular flexibility index (Phi) is 7.87. The Morgan fingerprint density at radius 1 is 1.13 bits per heavy atom. The lowest BCUT2D eigenvalue weighted by Gasteiger charge is -2.34. The SMILES string of the molecule is Cc1cc(Cl)c(C(=O)CN(CC2CC2)C(=O)c2cnn(C3CCC(C)(C(=O)O)CC3)c2C(F)(F)F)c(Cl)c1. The van der Waals surface area contributed by atoms with Crippen molar-refractivity contribution in [1.29, 1.82) is 0 Å². The van der Waals surface area contributed by atoms with Crippen molar-refractivity contribution in [3.05, 3.63) is 50.8 Å². The minimum Gasteiger partial charge on any atom is -0.481 e. The number of rotatable bonds is 8. The Morgan fingerprint density at radius 3 is 2.21 bits per heavy atom. The topological polar surface area (TPSA) is 92.5 Å². The van der Waals surface area contributed by atoms with Gasteiger partial charge in [0.2, 0.25) is 0 Å². The highest BCUT2D eigenvalue weighted by Crippen LogP contribution is 2.43. The zero-order valence-electron chi connectivity index (χ0n) is 20.9. The molecule has 2 aliphatic rings. The number of benzene rings is 1. The van der Waals surface area contributed by atoms with Gasteiger partial charge in [0, 0.05) is 6.54 Å². The zero-order valence-corrected chi connectivity index (χ0v) is 22.5. The van der Waals surface area contributed by atoms with Crippen LogP contribution in [0.25, 0.3) is 0 Å². The van der Waals surface area contributed by atoms with Crippen LogP contribution in [0.3, 0.4) is 0 Å². The van der Waals surface area contributed by atoms with Crippen molar-refractivity contribution >= 4 is 40.9 Å². The Labute approximate surface area is 227 Å². The predicted octanol–water partition coefficient (Wildman–Crippen LogP) is 6.46. The molecule has 0 unspecified atom stereocenters. The number of amides is 1. The van der Waals surface area contributed by atoms with Crippen LogP contribution in [0, 0.1) is 18.3 Å².